The van der Waals surface area contributed by atoms with Crippen LogP contribution in [0.3, 0.4) is 0 Å². The Bertz CT molecular complexity index is 1230. The van der Waals surface area contributed by atoms with E-state index in [0.29, 0.717) is 0 Å². The maximum Gasteiger partial charge on any atom is 0.149 e. The highest BCUT2D eigenvalue weighted by atomic mass is 15.0. The smallest absolute Gasteiger partial charge is 0.149 e. The minimum atomic E-state index is 0.741. The molecule has 0 bridgehead atoms. The van der Waals surface area contributed by atoms with Crippen LogP contribution in [0.25, 0.3) is 32.9 Å². The van der Waals surface area contributed by atoms with Gasteiger partial charge in [0.2, 0.25) is 0 Å². The van der Waals surface area contributed by atoms with Gasteiger partial charge in [-0.15, -0.1) is 0 Å². The fourth-order valence-electron chi connectivity index (χ4n) is 3.28. The molecule has 5 aromatic rings. The summed E-state index contributed by atoms with van der Waals surface area (Å²) < 4.78 is 0. The van der Waals surface area contributed by atoms with Gasteiger partial charge in [0.15, 0.2) is 0 Å². The third-order valence-corrected chi connectivity index (χ3v) is 4.67. The van der Waals surface area contributed by atoms with Crippen LogP contribution in [0.1, 0.15) is 0 Å². The highest BCUT2D eigenvalue weighted by Crippen LogP contribution is 2.24. The zero-order valence-corrected chi connectivity index (χ0v) is 14.6. The molecule has 1 aromatic heterocycles. The van der Waals surface area contributed by atoms with Crippen LogP contribution in [0.4, 0.5) is 11.5 Å². The van der Waals surface area contributed by atoms with Gasteiger partial charge in [-0.25, -0.2) is 4.98 Å². The molecule has 1 N–H and O–H groups in total. The monoisotopic (exact) mass is 347 g/mol. The van der Waals surface area contributed by atoms with Crippen LogP contribution in [0.5, 0.6) is 0 Å². The second kappa shape index (κ2) is 6.54. The van der Waals surface area contributed by atoms with Crippen LogP contribution in [0.2, 0.25) is 0 Å². The first-order valence-corrected chi connectivity index (χ1v) is 8.93. The summed E-state index contributed by atoms with van der Waals surface area (Å²) in [5.41, 5.74) is 5.18. The molecule has 0 radical (unpaired) electrons. The number of nitrogens with one attached hydrogen (secondary N) is 1. The van der Waals surface area contributed by atoms with E-state index in [1.165, 1.54) is 21.9 Å². The Labute approximate surface area is 157 Å². The summed E-state index contributed by atoms with van der Waals surface area (Å²) in [4.78, 5) is 9.30. The van der Waals surface area contributed by atoms with Gasteiger partial charge in [0.1, 0.15) is 5.82 Å². The number of aromatic nitrogens is 2. The molecule has 27 heavy (non-hydrogen) atoms. The molecule has 0 aliphatic rings. The fraction of sp³-hybridized carbons (Fsp3) is 0. The van der Waals surface area contributed by atoms with Crippen molar-refractivity contribution in [3.05, 3.63) is 97.2 Å². The zero-order valence-electron chi connectivity index (χ0n) is 14.6. The lowest BCUT2D eigenvalue weighted by Gasteiger charge is -2.08. The summed E-state index contributed by atoms with van der Waals surface area (Å²) in [5.74, 6) is 0.741. The molecule has 4 aromatic carbocycles. The van der Waals surface area contributed by atoms with Crippen LogP contribution in [0, 0.1) is 0 Å². The maximum atomic E-state index is 4.73. The number of fused-ring (bicyclic) bond motifs is 2. The Morgan fingerprint density at radius 3 is 1.96 bits per heavy atom. The van der Waals surface area contributed by atoms with Gasteiger partial charge in [-0.1, -0.05) is 66.7 Å². The summed E-state index contributed by atoms with van der Waals surface area (Å²) in [6.45, 7) is 0. The molecule has 128 valence electrons. The van der Waals surface area contributed by atoms with Gasteiger partial charge in [-0.3, -0.25) is 4.98 Å². The molecule has 0 unspecified atom stereocenters. The normalized spacial score (nSPS) is 11.0. The van der Waals surface area contributed by atoms with E-state index >= 15 is 0 Å². The van der Waals surface area contributed by atoms with Crippen LogP contribution < -0.4 is 5.32 Å². The third-order valence-electron chi connectivity index (χ3n) is 4.67. The highest BCUT2D eigenvalue weighted by Gasteiger charge is 2.04. The topological polar surface area (TPSA) is 37.8 Å². The molecule has 3 heteroatoms. The van der Waals surface area contributed by atoms with Crippen LogP contribution >= 0.6 is 0 Å². The SMILES string of the molecule is c1ccc(-c2ccc(Nc3cnc4cc5ccccc5cc4n3)cc2)cc1. The van der Waals surface area contributed by atoms with Crippen molar-refractivity contribution in [2.24, 2.45) is 0 Å². The predicted molar refractivity (Wildman–Crippen MR) is 112 cm³/mol. The largest absolute Gasteiger partial charge is 0.339 e. The van der Waals surface area contributed by atoms with Crippen molar-refractivity contribution < 1.29 is 0 Å². The van der Waals surface area contributed by atoms with E-state index in [1.807, 2.05) is 18.2 Å². The van der Waals surface area contributed by atoms with Crippen molar-refractivity contribution in [3.63, 3.8) is 0 Å². The Kier molecular flexibility index (Phi) is 3.76. The van der Waals surface area contributed by atoms with Crippen LogP contribution in [-0.4, -0.2) is 9.97 Å². The van der Waals surface area contributed by atoms with Gasteiger partial charge in [0.25, 0.3) is 0 Å². The van der Waals surface area contributed by atoms with Gasteiger partial charge in [0, 0.05) is 5.69 Å². The lowest BCUT2D eigenvalue weighted by atomic mass is 10.1. The number of benzene rings is 4. The van der Waals surface area contributed by atoms with E-state index in [-0.39, 0.29) is 0 Å². The lowest BCUT2D eigenvalue weighted by Crippen LogP contribution is -1.95. The van der Waals surface area contributed by atoms with Crippen molar-refractivity contribution in [1.82, 2.24) is 9.97 Å². The van der Waals surface area contributed by atoms with Crippen LogP contribution in [-0.2, 0) is 0 Å². The Balaban J connectivity index is 1.44. The average Bonchev–Trinajstić information content (AvgIpc) is 2.73. The van der Waals surface area contributed by atoms with Crippen molar-refractivity contribution in [2.75, 3.05) is 5.32 Å². The molecule has 0 aliphatic heterocycles. The minimum absolute atomic E-state index is 0.741. The average molecular weight is 347 g/mol. The number of rotatable bonds is 3. The van der Waals surface area contributed by atoms with Crippen molar-refractivity contribution in [1.29, 1.82) is 0 Å². The Hall–Kier alpha value is -3.72. The first kappa shape index (κ1) is 15.5. The summed E-state index contributed by atoms with van der Waals surface area (Å²) in [7, 11) is 0. The van der Waals surface area contributed by atoms with Gasteiger partial charge in [0.05, 0.1) is 17.2 Å². The molecule has 3 nitrogen and oxygen atoms in total. The number of hydrogen-bond donors (Lipinski definition) is 1. The molecule has 1 heterocycles. The second-order valence-corrected chi connectivity index (χ2v) is 6.51. The van der Waals surface area contributed by atoms with E-state index in [4.69, 9.17) is 4.98 Å². The fourth-order valence-corrected chi connectivity index (χ4v) is 3.28. The Morgan fingerprint density at radius 1 is 0.593 bits per heavy atom. The lowest BCUT2D eigenvalue weighted by molar-refractivity contribution is 1.28. The van der Waals surface area contributed by atoms with Gasteiger partial charge < -0.3 is 5.32 Å². The molecule has 0 spiro atoms. The molecule has 0 saturated carbocycles. The van der Waals surface area contributed by atoms with E-state index in [9.17, 15) is 0 Å². The molecule has 0 atom stereocenters. The summed E-state index contributed by atoms with van der Waals surface area (Å²) >= 11 is 0. The van der Waals surface area contributed by atoms with E-state index in [2.05, 4.69) is 83.1 Å². The minimum Gasteiger partial charge on any atom is -0.339 e. The van der Waals surface area contributed by atoms with Crippen molar-refractivity contribution in [3.8, 4) is 11.1 Å². The second-order valence-electron chi connectivity index (χ2n) is 6.51. The quantitative estimate of drug-likeness (QED) is 0.395. The third kappa shape index (κ3) is 3.11. The maximum absolute atomic E-state index is 4.73. The van der Waals surface area contributed by atoms with E-state index in [1.54, 1.807) is 6.20 Å². The van der Waals surface area contributed by atoms with E-state index in [0.717, 1.165) is 22.5 Å². The number of nitrogens with zero attached hydrogens (tertiary/aromatic N) is 2. The number of anilines is 2. The Morgan fingerprint density at radius 2 is 1.22 bits per heavy atom. The zero-order chi connectivity index (χ0) is 18.1. The molecular weight excluding hydrogens is 330 g/mol. The van der Waals surface area contributed by atoms with Gasteiger partial charge in [-0.05, 0) is 46.2 Å². The van der Waals surface area contributed by atoms with Gasteiger partial charge >= 0.3 is 0 Å². The summed E-state index contributed by atoms with van der Waals surface area (Å²) in [6, 6.07) is 31.1. The predicted octanol–water partition coefficient (Wildman–Crippen LogP) is 6.19. The molecule has 5 rings (SSSR count). The molecule has 0 fully saturated rings. The van der Waals surface area contributed by atoms with E-state index < -0.39 is 0 Å². The van der Waals surface area contributed by atoms with Crippen molar-refractivity contribution >= 4 is 33.3 Å². The highest BCUT2D eigenvalue weighted by molar-refractivity contribution is 5.95. The summed E-state index contributed by atoms with van der Waals surface area (Å²) in [6.07, 6.45) is 1.78. The first-order chi connectivity index (χ1) is 13.3. The molecule has 0 aliphatic carbocycles. The summed E-state index contributed by atoms with van der Waals surface area (Å²) in [5, 5.41) is 5.70. The molecular formula is C24H17N3. The van der Waals surface area contributed by atoms with Gasteiger partial charge in [-0.2, -0.15) is 0 Å². The molecule has 0 amide bonds. The first-order valence-electron chi connectivity index (χ1n) is 8.93. The standard InChI is InChI=1S/C24H17N3/c1-2-6-17(7-3-1)18-10-12-21(13-11-18)26-24-16-25-22-14-19-8-4-5-9-20(19)15-23(22)27-24/h1-16H,(H,26,27). The van der Waals surface area contributed by atoms with Crippen molar-refractivity contribution in [2.45, 2.75) is 0 Å². The molecule has 0 saturated heterocycles. The van der Waals surface area contributed by atoms with Crippen LogP contribution in [0.15, 0.2) is 97.2 Å². The number of hydrogen-bond acceptors (Lipinski definition) is 3.